The first-order chi connectivity index (χ1) is 9.36. The summed E-state index contributed by atoms with van der Waals surface area (Å²) in [5.41, 5.74) is 0. The molecule has 1 aromatic carbocycles. The minimum Gasteiger partial charge on any atom is -0.495 e. The van der Waals surface area contributed by atoms with Gasteiger partial charge in [-0.2, -0.15) is 4.31 Å². The van der Waals surface area contributed by atoms with Crippen LogP contribution in [-0.2, 0) is 10.0 Å². The van der Waals surface area contributed by atoms with Gasteiger partial charge in [0, 0.05) is 19.2 Å². The largest absolute Gasteiger partial charge is 0.495 e. The van der Waals surface area contributed by atoms with E-state index in [-0.39, 0.29) is 14.9 Å². The van der Waals surface area contributed by atoms with Crippen molar-refractivity contribution >= 4 is 33.2 Å². The van der Waals surface area contributed by atoms with Crippen LogP contribution in [0.25, 0.3) is 0 Å². The lowest BCUT2D eigenvalue weighted by Crippen LogP contribution is -2.38. The first-order valence-corrected chi connectivity index (χ1v) is 8.59. The molecule has 0 N–H and O–H groups in total. The minimum atomic E-state index is -3.60. The number of piperidine rings is 1. The number of hydrogen-bond acceptors (Lipinski definition) is 3. The topological polar surface area (TPSA) is 46.6 Å². The van der Waals surface area contributed by atoms with Gasteiger partial charge < -0.3 is 4.74 Å². The van der Waals surface area contributed by atoms with Crippen molar-refractivity contribution in [2.24, 2.45) is 5.92 Å². The summed E-state index contributed by atoms with van der Waals surface area (Å²) in [7, 11) is -2.15. The van der Waals surface area contributed by atoms with Gasteiger partial charge in [-0.1, -0.05) is 30.1 Å². The van der Waals surface area contributed by atoms with Gasteiger partial charge in [0.2, 0.25) is 10.0 Å². The van der Waals surface area contributed by atoms with Crippen LogP contribution in [0.1, 0.15) is 19.8 Å². The molecule has 0 atom stereocenters. The molecule has 1 aliphatic heterocycles. The molecule has 0 radical (unpaired) electrons. The number of hydrogen-bond donors (Lipinski definition) is 0. The molecule has 1 heterocycles. The van der Waals surface area contributed by atoms with Gasteiger partial charge in [0.25, 0.3) is 0 Å². The Bertz CT molecular complexity index is 596. The van der Waals surface area contributed by atoms with E-state index in [1.807, 2.05) is 0 Å². The summed E-state index contributed by atoms with van der Waals surface area (Å²) < 4.78 is 31.7. The molecule has 0 amide bonds. The summed E-state index contributed by atoms with van der Waals surface area (Å²) in [4.78, 5) is 0.0412. The Hall–Kier alpha value is -0.490. The number of benzene rings is 1. The van der Waals surface area contributed by atoms with Crippen LogP contribution in [0.15, 0.2) is 17.0 Å². The van der Waals surface area contributed by atoms with Gasteiger partial charge >= 0.3 is 0 Å². The summed E-state index contributed by atoms with van der Waals surface area (Å²) in [6.07, 6.45) is 1.72. The van der Waals surface area contributed by atoms with Crippen LogP contribution in [0.4, 0.5) is 0 Å². The van der Waals surface area contributed by atoms with Gasteiger partial charge in [0.15, 0.2) is 0 Å². The Morgan fingerprint density at radius 3 is 2.35 bits per heavy atom. The van der Waals surface area contributed by atoms with Gasteiger partial charge in [-0.15, -0.1) is 0 Å². The molecule has 1 aromatic rings. The van der Waals surface area contributed by atoms with Crippen LogP contribution >= 0.6 is 23.2 Å². The summed E-state index contributed by atoms with van der Waals surface area (Å²) in [6, 6.07) is 2.79. The number of nitrogens with zero attached hydrogens (tertiary/aromatic N) is 1. The van der Waals surface area contributed by atoms with Crippen molar-refractivity contribution in [3.8, 4) is 5.75 Å². The van der Waals surface area contributed by atoms with E-state index >= 15 is 0 Å². The lowest BCUT2D eigenvalue weighted by molar-refractivity contribution is 0.288. The van der Waals surface area contributed by atoms with E-state index in [2.05, 4.69) is 6.92 Å². The summed E-state index contributed by atoms with van der Waals surface area (Å²) in [6.45, 7) is 3.16. The number of sulfonamides is 1. The molecule has 7 heteroatoms. The third-order valence-corrected chi connectivity index (χ3v) is 6.23. The van der Waals surface area contributed by atoms with Crippen LogP contribution in [0.3, 0.4) is 0 Å². The van der Waals surface area contributed by atoms with E-state index in [1.165, 1.54) is 23.5 Å². The van der Waals surface area contributed by atoms with Crippen LogP contribution in [0.5, 0.6) is 5.75 Å². The van der Waals surface area contributed by atoms with Crippen molar-refractivity contribution in [2.75, 3.05) is 20.2 Å². The molecule has 20 heavy (non-hydrogen) atoms. The third kappa shape index (κ3) is 3.06. The quantitative estimate of drug-likeness (QED) is 0.848. The van der Waals surface area contributed by atoms with E-state index in [1.54, 1.807) is 0 Å². The molecule has 2 rings (SSSR count). The second-order valence-corrected chi connectivity index (χ2v) is 7.72. The minimum absolute atomic E-state index is 0.0412. The summed E-state index contributed by atoms with van der Waals surface area (Å²) in [5, 5.41) is 0.366. The highest BCUT2D eigenvalue weighted by Crippen LogP contribution is 2.35. The molecule has 0 saturated carbocycles. The molecule has 0 unspecified atom stereocenters. The zero-order valence-electron chi connectivity index (χ0n) is 11.4. The lowest BCUT2D eigenvalue weighted by atomic mass is 10.0. The van der Waals surface area contributed by atoms with Crippen molar-refractivity contribution in [3.63, 3.8) is 0 Å². The monoisotopic (exact) mass is 337 g/mol. The maximum Gasteiger partial charge on any atom is 0.244 e. The predicted octanol–water partition coefficient (Wildman–Crippen LogP) is 3.42. The molecular weight excluding hydrogens is 321 g/mol. The highest BCUT2D eigenvalue weighted by molar-refractivity contribution is 7.89. The maximum absolute atomic E-state index is 12.6. The summed E-state index contributed by atoms with van der Waals surface area (Å²) in [5.74, 6) is 0.916. The normalized spacial score (nSPS) is 18.2. The van der Waals surface area contributed by atoms with E-state index in [0.717, 1.165) is 12.8 Å². The SMILES string of the molecule is COc1cc(Cl)c(S(=O)(=O)N2CCC(C)CC2)cc1Cl. The number of ether oxygens (including phenoxy) is 1. The van der Waals surface area contributed by atoms with Crippen molar-refractivity contribution < 1.29 is 13.2 Å². The molecule has 0 spiro atoms. The predicted molar refractivity (Wildman–Crippen MR) is 80.2 cm³/mol. The molecule has 0 aliphatic carbocycles. The second kappa shape index (κ2) is 6.10. The van der Waals surface area contributed by atoms with Crippen LogP contribution in [0, 0.1) is 5.92 Å². The second-order valence-electron chi connectivity index (χ2n) is 5.00. The smallest absolute Gasteiger partial charge is 0.244 e. The van der Waals surface area contributed by atoms with E-state index < -0.39 is 10.0 Å². The molecule has 0 aromatic heterocycles. The maximum atomic E-state index is 12.6. The van der Waals surface area contributed by atoms with E-state index in [4.69, 9.17) is 27.9 Å². The Labute approximate surface area is 129 Å². The van der Waals surface area contributed by atoms with E-state index in [0.29, 0.717) is 24.8 Å². The fourth-order valence-corrected chi connectivity index (χ4v) is 4.52. The standard InChI is InChI=1S/C13H17Cl2NO3S/c1-9-3-5-16(6-4-9)20(17,18)13-8-10(14)12(19-2)7-11(13)15/h7-9H,3-6H2,1-2H3. The molecule has 112 valence electrons. The molecular formula is C13H17Cl2NO3S. The number of halogens is 2. The van der Waals surface area contributed by atoms with Crippen molar-refractivity contribution in [3.05, 3.63) is 22.2 Å². The van der Waals surface area contributed by atoms with Crippen LogP contribution < -0.4 is 4.74 Å². The van der Waals surface area contributed by atoms with Gasteiger partial charge in [-0.3, -0.25) is 0 Å². The van der Waals surface area contributed by atoms with Crippen LogP contribution in [-0.4, -0.2) is 32.9 Å². The van der Waals surface area contributed by atoms with Crippen molar-refractivity contribution in [2.45, 2.75) is 24.7 Å². The average Bonchev–Trinajstić information content (AvgIpc) is 2.41. The van der Waals surface area contributed by atoms with Gasteiger partial charge in [-0.05, 0) is 24.8 Å². The molecule has 0 bridgehead atoms. The fourth-order valence-electron chi connectivity index (χ4n) is 2.23. The third-order valence-electron chi connectivity index (χ3n) is 3.57. The first-order valence-electron chi connectivity index (χ1n) is 6.39. The lowest BCUT2D eigenvalue weighted by Gasteiger charge is -2.29. The van der Waals surface area contributed by atoms with Gasteiger partial charge in [-0.25, -0.2) is 8.42 Å². The Balaban J connectivity index is 2.37. The zero-order valence-corrected chi connectivity index (χ0v) is 13.7. The highest BCUT2D eigenvalue weighted by Gasteiger charge is 2.30. The first kappa shape index (κ1) is 15.9. The van der Waals surface area contributed by atoms with Crippen LogP contribution in [0.2, 0.25) is 10.0 Å². The molecule has 1 fully saturated rings. The number of rotatable bonds is 3. The molecule has 1 aliphatic rings. The molecule has 4 nitrogen and oxygen atoms in total. The van der Waals surface area contributed by atoms with Gasteiger partial charge in [0.05, 0.1) is 17.2 Å². The Morgan fingerprint density at radius 2 is 1.80 bits per heavy atom. The Kier molecular flexibility index (Phi) is 4.84. The highest BCUT2D eigenvalue weighted by atomic mass is 35.5. The average molecular weight is 338 g/mol. The Morgan fingerprint density at radius 1 is 1.20 bits per heavy atom. The number of methoxy groups -OCH3 is 1. The molecule has 1 saturated heterocycles. The van der Waals surface area contributed by atoms with E-state index in [9.17, 15) is 8.42 Å². The summed E-state index contributed by atoms with van der Waals surface area (Å²) >= 11 is 12.1. The van der Waals surface area contributed by atoms with Crippen molar-refractivity contribution in [1.29, 1.82) is 0 Å². The zero-order chi connectivity index (χ0) is 14.9. The van der Waals surface area contributed by atoms with Crippen molar-refractivity contribution in [1.82, 2.24) is 4.31 Å². The van der Waals surface area contributed by atoms with Gasteiger partial charge in [0.1, 0.15) is 10.6 Å². The fraction of sp³-hybridized carbons (Fsp3) is 0.538.